The quantitative estimate of drug-likeness (QED) is 0.861. The number of nitrogens with zero attached hydrogens (tertiary/aromatic N) is 1. The summed E-state index contributed by atoms with van der Waals surface area (Å²) in [6.45, 7) is 8.67. The molecule has 0 spiro atoms. The van der Waals surface area contributed by atoms with E-state index < -0.39 is 11.6 Å². The largest absolute Gasteiger partial charge is 0.314 e. The summed E-state index contributed by atoms with van der Waals surface area (Å²) in [5.74, 6) is -1.51. The molecule has 1 saturated heterocycles. The van der Waals surface area contributed by atoms with Crippen LogP contribution in [0.2, 0.25) is 0 Å². The van der Waals surface area contributed by atoms with Crippen LogP contribution in [0.1, 0.15) is 17.2 Å². The second kappa shape index (κ2) is 6.98. The first-order valence-corrected chi connectivity index (χ1v) is 6.17. The van der Waals surface area contributed by atoms with Crippen LogP contribution in [0.5, 0.6) is 0 Å². The Labute approximate surface area is 118 Å². The second-order valence-corrected chi connectivity index (χ2v) is 4.57. The molecule has 2 nitrogen and oxygen atoms in total. The standard InChI is InChI=1S/C14H18F2N2.ClH/c1-3-12(18-8-6-17-7-9-18)11-5-4-10(2)13(15)14(11)16;/h3-5,12,17H,1,6-9H2,2H3;1H/t12-;/m1./s1. The molecule has 0 unspecified atom stereocenters. The number of hydrogen-bond donors (Lipinski definition) is 1. The zero-order chi connectivity index (χ0) is 13.1. The number of rotatable bonds is 3. The van der Waals surface area contributed by atoms with Gasteiger partial charge < -0.3 is 5.32 Å². The molecule has 1 fully saturated rings. The molecule has 0 aliphatic carbocycles. The molecule has 0 radical (unpaired) electrons. The highest BCUT2D eigenvalue weighted by Crippen LogP contribution is 2.27. The Morgan fingerprint density at radius 2 is 1.89 bits per heavy atom. The number of piperazine rings is 1. The van der Waals surface area contributed by atoms with Crippen molar-refractivity contribution in [3.8, 4) is 0 Å². The Morgan fingerprint density at radius 1 is 1.26 bits per heavy atom. The third kappa shape index (κ3) is 3.32. The van der Waals surface area contributed by atoms with Crippen LogP contribution in [-0.2, 0) is 0 Å². The van der Waals surface area contributed by atoms with Gasteiger partial charge >= 0.3 is 0 Å². The lowest BCUT2D eigenvalue weighted by molar-refractivity contribution is 0.199. The van der Waals surface area contributed by atoms with E-state index in [2.05, 4.69) is 16.8 Å². The summed E-state index contributed by atoms with van der Waals surface area (Å²) in [6.07, 6.45) is 1.68. The maximum atomic E-state index is 14.0. The molecule has 1 N–H and O–H groups in total. The summed E-state index contributed by atoms with van der Waals surface area (Å²) in [5, 5.41) is 3.24. The minimum Gasteiger partial charge on any atom is -0.314 e. The molecule has 0 amide bonds. The first kappa shape index (κ1) is 16.1. The van der Waals surface area contributed by atoms with Gasteiger partial charge in [0.1, 0.15) is 0 Å². The van der Waals surface area contributed by atoms with Crippen LogP contribution in [0.3, 0.4) is 0 Å². The lowest BCUT2D eigenvalue weighted by atomic mass is 10.0. The molecule has 1 aliphatic rings. The molecule has 1 aromatic carbocycles. The molecule has 19 heavy (non-hydrogen) atoms. The average molecular weight is 289 g/mol. The van der Waals surface area contributed by atoms with Gasteiger partial charge in [0.2, 0.25) is 0 Å². The average Bonchev–Trinajstić information content (AvgIpc) is 2.41. The van der Waals surface area contributed by atoms with E-state index in [0.717, 1.165) is 26.2 Å². The monoisotopic (exact) mass is 288 g/mol. The van der Waals surface area contributed by atoms with Crippen LogP contribution in [0.15, 0.2) is 24.8 Å². The Bertz CT molecular complexity index is 445. The van der Waals surface area contributed by atoms with Crippen molar-refractivity contribution in [2.24, 2.45) is 0 Å². The Hall–Kier alpha value is -0.970. The van der Waals surface area contributed by atoms with E-state index in [-0.39, 0.29) is 18.4 Å². The van der Waals surface area contributed by atoms with Crippen molar-refractivity contribution < 1.29 is 8.78 Å². The summed E-state index contributed by atoms with van der Waals surface area (Å²) < 4.78 is 27.6. The molecular weight excluding hydrogens is 270 g/mol. The lowest BCUT2D eigenvalue weighted by Gasteiger charge is -2.33. The molecule has 1 aliphatic heterocycles. The van der Waals surface area contributed by atoms with E-state index in [9.17, 15) is 8.78 Å². The molecule has 5 heteroatoms. The van der Waals surface area contributed by atoms with Crippen molar-refractivity contribution in [2.45, 2.75) is 13.0 Å². The van der Waals surface area contributed by atoms with Gasteiger partial charge in [-0.15, -0.1) is 19.0 Å². The van der Waals surface area contributed by atoms with Gasteiger partial charge in [-0.3, -0.25) is 4.90 Å². The second-order valence-electron chi connectivity index (χ2n) is 4.57. The topological polar surface area (TPSA) is 15.3 Å². The van der Waals surface area contributed by atoms with Crippen LogP contribution in [0.25, 0.3) is 0 Å². The van der Waals surface area contributed by atoms with Gasteiger partial charge in [0.15, 0.2) is 11.6 Å². The highest BCUT2D eigenvalue weighted by molar-refractivity contribution is 5.85. The molecule has 0 aromatic heterocycles. The van der Waals surface area contributed by atoms with Crippen LogP contribution < -0.4 is 5.32 Å². The maximum Gasteiger partial charge on any atom is 0.164 e. The highest BCUT2D eigenvalue weighted by Gasteiger charge is 2.23. The Kier molecular flexibility index (Phi) is 5.91. The van der Waals surface area contributed by atoms with Gasteiger partial charge in [-0.2, -0.15) is 0 Å². The smallest absolute Gasteiger partial charge is 0.164 e. The summed E-state index contributed by atoms with van der Waals surface area (Å²) >= 11 is 0. The zero-order valence-corrected chi connectivity index (χ0v) is 11.8. The van der Waals surface area contributed by atoms with Crippen molar-refractivity contribution >= 4 is 12.4 Å². The predicted octanol–water partition coefficient (Wildman–Crippen LogP) is 2.83. The lowest BCUT2D eigenvalue weighted by Crippen LogP contribution is -2.44. The van der Waals surface area contributed by atoms with Gasteiger partial charge in [0.05, 0.1) is 6.04 Å². The zero-order valence-electron chi connectivity index (χ0n) is 11.0. The van der Waals surface area contributed by atoms with Gasteiger partial charge in [-0.25, -0.2) is 8.78 Å². The Balaban J connectivity index is 0.00000180. The van der Waals surface area contributed by atoms with E-state index in [1.54, 1.807) is 25.1 Å². The molecule has 0 bridgehead atoms. The summed E-state index contributed by atoms with van der Waals surface area (Å²) in [7, 11) is 0. The minimum atomic E-state index is -0.755. The number of hydrogen-bond acceptors (Lipinski definition) is 2. The number of nitrogens with one attached hydrogen (secondary N) is 1. The maximum absolute atomic E-state index is 14.0. The molecule has 106 valence electrons. The van der Waals surface area contributed by atoms with E-state index >= 15 is 0 Å². The summed E-state index contributed by atoms with van der Waals surface area (Å²) in [5.41, 5.74) is 0.703. The van der Waals surface area contributed by atoms with Crippen LogP contribution >= 0.6 is 12.4 Å². The fourth-order valence-corrected chi connectivity index (χ4v) is 2.32. The van der Waals surface area contributed by atoms with Gasteiger partial charge in [0, 0.05) is 31.7 Å². The van der Waals surface area contributed by atoms with Gasteiger partial charge in [0.25, 0.3) is 0 Å². The fraction of sp³-hybridized carbons (Fsp3) is 0.429. The summed E-state index contributed by atoms with van der Waals surface area (Å²) in [6, 6.07) is 3.01. The highest BCUT2D eigenvalue weighted by atomic mass is 35.5. The predicted molar refractivity (Wildman–Crippen MR) is 75.7 cm³/mol. The van der Waals surface area contributed by atoms with E-state index in [1.807, 2.05) is 0 Å². The minimum absolute atomic E-state index is 0. The molecule has 1 heterocycles. The summed E-state index contributed by atoms with van der Waals surface area (Å²) in [4.78, 5) is 2.11. The first-order valence-electron chi connectivity index (χ1n) is 6.17. The third-order valence-electron chi connectivity index (χ3n) is 3.39. The third-order valence-corrected chi connectivity index (χ3v) is 3.39. The van der Waals surface area contributed by atoms with E-state index in [0.29, 0.717) is 11.1 Å². The Morgan fingerprint density at radius 3 is 2.47 bits per heavy atom. The number of halogens is 3. The normalized spacial score (nSPS) is 17.6. The van der Waals surface area contributed by atoms with E-state index in [4.69, 9.17) is 0 Å². The molecule has 1 aromatic rings. The van der Waals surface area contributed by atoms with Gasteiger partial charge in [-0.1, -0.05) is 18.2 Å². The van der Waals surface area contributed by atoms with Crippen LogP contribution in [0, 0.1) is 18.6 Å². The molecular formula is C14H19ClF2N2. The first-order chi connectivity index (χ1) is 8.65. The van der Waals surface area contributed by atoms with Crippen molar-refractivity contribution in [2.75, 3.05) is 26.2 Å². The molecule has 1 atom stereocenters. The fourth-order valence-electron chi connectivity index (χ4n) is 2.32. The van der Waals surface area contributed by atoms with Crippen molar-refractivity contribution in [1.29, 1.82) is 0 Å². The number of benzene rings is 1. The molecule has 0 saturated carbocycles. The van der Waals surface area contributed by atoms with Gasteiger partial charge in [-0.05, 0) is 12.5 Å². The van der Waals surface area contributed by atoms with Crippen molar-refractivity contribution in [3.63, 3.8) is 0 Å². The van der Waals surface area contributed by atoms with Crippen LogP contribution in [-0.4, -0.2) is 31.1 Å². The van der Waals surface area contributed by atoms with E-state index in [1.165, 1.54) is 0 Å². The number of aryl methyl sites for hydroxylation is 1. The van der Waals surface area contributed by atoms with Crippen molar-refractivity contribution in [3.05, 3.63) is 47.5 Å². The molecule has 2 rings (SSSR count). The van der Waals surface area contributed by atoms with Crippen molar-refractivity contribution in [1.82, 2.24) is 10.2 Å². The SMILES string of the molecule is C=C[C@H](c1ccc(C)c(F)c1F)N1CCNCC1.Cl. The van der Waals surface area contributed by atoms with Crippen LogP contribution in [0.4, 0.5) is 8.78 Å².